The SMILES string of the molecule is C=Nc1nnc(-c2c(C)cc(CF)cc2OCOCC)c2c1CCC2. The van der Waals surface area contributed by atoms with Gasteiger partial charge in [0.05, 0.1) is 0 Å². The van der Waals surface area contributed by atoms with Crippen LogP contribution in [0.15, 0.2) is 17.1 Å². The molecule has 0 aliphatic heterocycles. The van der Waals surface area contributed by atoms with E-state index < -0.39 is 6.67 Å². The highest BCUT2D eigenvalue weighted by molar-refractivity contribution is 5.76. The molecule has 132 valence electrons. The van der Waals surface area contributed by atoms with Crippen LogP contribution in [0.4, 0.5) is 10.2 Å². The molecule has 0 radical (unpaired) electrons. The first-order chi connectivity index (χ1) is 12.2. The van der Waals surface area contributed by atoms with E-state index in [0.29, 0.717) is 23.7 Å². The second-order valence-electron chi connectivity index (χ2n) is 6.02. The van der Waals surface area contributed by atoms with Gasteiger partial charge < -0.3 is 9.47 Å². The average molecular weight is 343 g/mol. The third-order valence-corrected chi connectivity index (χ3v) is 4.42. The Morgan fingerprint density at radius 1 is 1.24 bits per heavy atom. The maximum Gasteiger partial charge on any atom is 0.189 e. The molecular weight excluding hydrogens is 321 g/mol. The van der Waals surface area contributed by atoms with Gasteiger partial charge in [0, 0.05) is 17.7 Å². The minimum absolute atomic E-state index is 0.112. The molecule has 0 spiro atoms. The van der Waals surface area contributed by atoms with Gasteiger partial charge in [0.2, 0.25) is 0 Å². The van der Waals surface area contributed by atoms with Gasteiger partial charge in [-0.05, 0) is 62.6 Å². The smallest absolute Gasteiger partial charge is 0.189 e. The Morgan fingerprint density at radius 2 is 2.04 bits per heavy atom. The summed E-state index contributed by atoms with van der Waals surface area (Å²) in [6.45, 7) is 7.53. The van der Waals surface area contributed by atoms with Gasteiger partial charge in [-0.15, -0.1) is 10.2 Å². The zero-order chi connectivity index (χ0) is 17.8. The summed E-state index contributed by atoms with van der Waals surface area (Å²) in [4.78, 5) is 3.99. The molecule has 0 fully saturated rings. The molecule has 1 aromatic heterocycles. The highest BCUT2D eigenvalue weighted by atomic mass is 19.1. The number of ether oxygens (including phenoxy) is 2. The quantitative estimate of drug-likeness (QED) is 0.431. The van der Waals surface area contributed by atoms with Gasteiger partial charge in [-0.25, -0.2) is 9.38 Å². The fraction of sp³-hybridized carbons (Fsp3) is 0.421. The molecule has 5 nitrogen and oxygen atoms in total. The summed E-state index contributed by atoms with van der Waals surface area (Å²) in [6, 6.07) is 3.54. The average Bonchev–Trinajstić information content (AvgIpc) is 3.11. The molecule has 0 saturated heterocycles. The van der Waals surface area contributed by atoms with E-state index in [1.54, 1.807) is 6.07 Å². The highest BCUT2D eigenvalue weighted by Gasteiger charge is 2.25. The minimum atomic E-state index is -0.546. The van der Waals surface area contributed by atoms with Crippen molar-refractivity contribution in [3.8, 4) is 17.0 Å². The summed E-state index contributed by atoms with van der Waals surface area (Å²) in [7, 11) is 0. The van der Waals surface area contributed by atoms with Gasteiger partial charge in [-0.1, -0.05) is 6.07 Å². The molecule has 25 heavy (non-hydrogen) atoms. The van der Waals surface area contributed by atoms with Crippen LogP contribution in [-0.4, -0.2) is 30.3 Å². The van der Waals surface area contributed by atoms with Crippen molar-refractivity contribution >= 4 is 12.5 Å². The lowest BCUT2D eigenvalue weighted by molar-refractivity contribution is 0.0226. The molecule has 1 aliphatic rings. The van der Waals surface area contributed by atoms with Crippen LogP contribution in [0.5, 0.6) is 5.75 Å². The number of aryl methyl sites for hydroxylation is 1. The number of alkyl halides is 1. The van der Waals surface area contributed by atoms with Gasteiger partial charge in [0.15, 0.2) is 12.6 Å². The van der Waals surface area contributed by atoms with E-state index in [1.165, 1.54) is 0 Å². The van der Waals surface area contributed by atoms with Gasteiger partial charge >= 0.3 is 0 Å². The summed E-state index contributed by atoms with van der Waals surface area (Å²) in [6.07, 6.45) is 2.87. The van der Waals surface area contributed by atoms with Crippen molar-refractivity contribution in [2.75, 3.05) is 13.4 Å². The van der Waals surface area contributed by atoms with E-state index in [4.69, 9.17) is 9.47 Å². The first-order valence-corrected chi connectivity index (χ1v) is 8.45. The molecule has 1 heterocycles. The Balaban J connectivity index is 2.13. The fourth-order valence-electron chi connectivity index (χ4n) is 3.31. The third kappa shape index (κ3) is 3.39. The molecule has 0 N–H and O–H groups in total. The highest BCUT2D eigenvalue weighted by Crippen LogP contribution is 2.40. The molecule has 0 unspecified atom stereocenters. The molecule has 0 amide bonds. The van der Waals surface area contributed by atoms with Crippen molar-refractivity contribution < 1.29 is 13.9 Å². The van der Waals surface area contributed by atoms with Gasteiger partial charge in [0.25, 0.3) is 0 Å². The molecule has 0 atom stereocenters. The summed E-state index contributed by atoms with van der Waals surface area (Å²) >= 11 is 0. The predicted molar refractivity (Wildman–Crippen MR) is 95.4 cm³/mol. The predicted octanol–water partition coefficient (Wildman–Crippen LogP) is 4.12. The second-order valence-corrected chi connectivity index (χ2v) is 6.02. The number of aromatic nitrogens is 2. The van der Waals surface area contributed by atoms with Crippen molar-refractivity contribution in [1.82, 2.24) is 10.2 Å². The largest absolute Gasteiger partial charge is 0.467 e. The van der Waals surface area contributed by atoms with Crippen molar-refractivity contribution in [3.63, 3.8) is 0 Å². The summed E-state index contributed by atoms with van der Waals surface area (Å²) < 4.78 is 24.3. The maximum absolute atomic E-state index is 13.2. The van der Waals surface area contributed by atoms with Crippen LogP contribution in [0, 0.1) is 6.92 Å². The van der Waals surface area contributed by atoms with E-state index in [2.05, 4.69) is 21.9 Å². The Bertz CT molecular complexity index is 793. The number of hydrogen-bond acceptors (Lipinski definition) is 5. The number of hydrogen-bond donors (Lipinski definition) is 0. The lowest BCUT2D eigenvalue weighted by atomic mass is 9.97. The lowest BCUT2D eigenvalue weighted by Crippen LogP contribution is -2.06. The Kier molecular flexibility index (Phi) is 5.38. The fourth-order valence-corrected chi connectivity index (χ4v) is 3.31. The zero-order valence-corrected chi connectivity index (χ0v) is 14.6. The van der Waals surface area contributed by atoms with Crippen molar-refractivity contribution in [2.45, 2.75) is 39.8 Å². The van der Waals surface area contributed by atoms with Crippen LogP contribution in [0.2, 0.25) is 0 Å². The Morgan fingerprint density at radius 3 is 2.76 bits per heavy atom. The number of rotatable bonds is 7. The third-order valence-electron chi connectivity index (χ3n) is 4.42. The standard InChI is InChI=1S/C19H22FN3O2/c1-4-24-11-25-16-9-13(10-20)8-12(2)17(16)18-14-6-5-7-15(14)19(21-3)23-22-18/h8-9H,3-7,10-11H2,1-2H3. The first kappa shape index (κ1) is 17.5. The van der Waals surface area contributed by atoms with Crippen LogP contribution in [0.25, 0.3) is 11.3 Å². The lowest BCUT2D eigenvalue weighted by Gasteiger charge is -2.17. The Hall–Kier alpha value is -2.34. The minimum Gasteiger partial charge on any atom is -0.467 e. The number of benzene rings is 1. The van der Waals surface area contributed by atoms with E-state index >= 15 is 0 Å². The molecule has 1 aromatic carbocycles. The Labute approximate surface area is 146 Å². The van der Waals surface area contributed by atoms with Crippen LogP contribution in [0.1, 0.15) is 35.6 Å². The summed E-state index contributed by atoms with van der Waals surface area (Å²) in [5, 5.41) is 8.62. The van der Waals surface area contributed by atoms with Crippen molar-refractivity contribution in [2.24, 2.45) is 4.99 Å². The van der Waals surface area contributed by atoms with Crippen LogP contribution in [0.3, 0.4) is 0 Å². The second kappa shape index (κ2) is 7.70. The maximum atomic E-state index is 13.2. The van der Waals surface area contributed by atoms with E-state index in [-0.39, 0.29) is 6.79 Å². The number of aliphatic imine (C=N–C) groups is 1. The van der Waals surface area contributed by atoms with Crippen LogP contribution in [-0.2, 0) is 24.3 Å². The summed E-state index contributed by atoms with van der Waals surface area (Å²) in [5.41, 5.74) is 5.35. The number of nitrogens with zero attached hydrogens (tertiary/aromatic N) is 3. The molecule has 0 bridgehead atoms. The summed E-state index contributed by atoms with van der Waals surface area (Å²) in [5.74, 6) is 1.18. The van der Waals surface area contributed by atoms with Crippen LogP contribution < -0.4 is 4.74 Å². The zero-order valence-electron chi connectivity index (χ0n) is 14.6. The molecular formula is C19H22FN3O2. The van der Waals surface area contributed by atoms with Gasteiger partial charge in [0.1, 0.15) is 18.1 Å². The van der Waals surface area contributed by atoms with E-state index in [1.807, 2.05) is 19.9 Å². The number of halogens is 1. The van der Waals surface area contributed by atoms with Crippen LogP contribution >= 0.6 is 0 Å². The molecule has 2 aromatic rings. The van der Waals surface area contributed by atoms with Crippen molar-refractivity contribution in [3.05, 3.63) is 34.4 Å². The molecule has 0 saturated carbocycles. The van der Waals surface area contributed by atoms with Crippen molar-refractivity contribution in [1.29, 1.82) is 0 Å². The molecule has 1 aliphatic carbocycles. The molecule has 6 heteroatoms. The monoisotopic (exact) mass is 343 g/mol. The topological polar surface area (TPSA) is 56.6 Å². The normalized spacial score (nSPS) is 12.9. The first-order valence-electron chi connectivity index (χ1n) is 8.45. The van der Waals surface area contributed by atoms with E-state index in [0.717, 1.165) is 47.2 Å². The van der Waals surface area contributed by atoms with Gasteiger partial charge in [-0.3, -0.25) is 0 Å². The molecule has 3 rings (SSSR count). The van der Waals surface area contributed by atoms with Gasteiger partial charge in [-0.2, -0.15) is 0 Å². The van der Waals surface area contributed by atoms with E-state index in [9.17, 15) is 4.39 Å². The number of fused-ring (bicyclic) bond motifs is 1.